The van der Waals surface area contributed by atoms with Gasteiger partial charge in [0.1, 0.15) is 0 Å². The van der Waals surface area contributed by atoms with Crippen LogP contribution >= 0.6 is 11.3 Å². The van der Waals surface area contributed by atoms with Crippen molar-refractivity contribution in [2.24, 2.45) is 5.92 Å². The molecule has 1 aromatic rings. The van der Waals surface area contributed by atoms with E-state index in [9.17, 15) is 18.0 Å². The summed E-state index contributed by atoms with van der Waals surface area (Å²) in [6.45, 7) is 3.17. The first-order chi connectivity index (χ1) is 9.27. The number of amides is 1. The van der Waals surface area contributed by atoms with Gasteiger partial charge in [-0.2, -0.15) is 0 Å². The summed E-state index contributed by atoms with van der Waals surface area (Å²) in [6.07, 6.45) is 0.707. The fourth-order valence-electron chi connectivity index (χ4n) is 2.24. The highest BCUT2D eigenvalue weighted by Gasteiger charge is 2.29. The van der Waals surface area contributed by atoms with E-state index >= 15 is 0 Å². The molecule has 1 saturated heterocycles. The Bertz CT molecular complexity index is 648. The van der Waals surface area contributed by atoms with Crippen LogP contribution in [-0.4, -0.2) is 36.6 Å². The van der Waals surface area contributed by atoms with Gasteiger partial charge in [0.15, 0.2) is 20.8 Å². The first-order valence-electron chi connectivity index (χ1n) is 6.25. The second kappa shape index (κ2) is 5.61. The second-order valence-corrected chi connectivity index (χ2v) is 8.24. The molecular formula is C12H16N2O4S2. The Morgan fingerprint density at radius 2 is 2.15 bits per heavy atom. The first-order valence-corrected chi connectivity index (χ1v) is 8.89. The molecule has 2 heterocycles. The number of hydrogen-bond acceptors (Lipinski definition) is 6. The van der Waals surface area contributed by atoms with E-state index in [0.29, 0.717) is 22.1 Å². The lowest BCUT2D eigenvalue weighted by molar-refractivity contribution is -0.116. The normalized spacial score (nSPS) is 20.8. The van der Waals surface area contributed by atoms with Crippen LogP contribution in [0.2, 0.25) is 0 Å². The summed E-state index contributed by atoms with van der Waals surface area (Å²) < 4.78 is 22.6. The summed E-state index contributed by atoms with van der Waals surface area (Å²) in [5.41, 5.74) is 0.598. The Balaban J connectivity index is 1.95. The molecule has 8 heteroatoms. The Kier molecular flexibility index (Phi) is 4.24. The third kappa shape index (κ3) is 3.63. The fraction of sp³-hybridized carbons (Fsp3) is 0.583. The number of carbonyl (C=O) groups excluding carboxylic acids is 2. The summed E-state index contributed by atoms with van der Waals surface area (Å²) in [6, 6.07) is 0. The minimum Gasteiger partial charge on any atom is -0.302 e. The molecule has 1 aromatic heterocycles. The number of hydrogen-bond donors (Lipinski definition) is 1. The third-order valence-corrected chi connectivity index (χ3v) is 6.17. The Morgan fingerprint density at radius 3 is 2.65 bits per heavy atom. The van der Waals surface area contributed by atoms with Crippen LogP contribution in [0.5, 0.6) is 0 Å². The molecule has 1 fully saturated rings. The number of ketones is 1. The van der Waals surface area contributed by atoms with Crippen molar-refractivity contribution in [2.45, 2.75) is 26.7 Å². The summed E-state index contributed by atoms with van der Waals surface area (Å²) in [5, 5.41) is 3.02. The van der Waals surface area contributed by atoms with Crippen LogP contribution in [-0.2, 0) is 14.6 Å². The van der Waals surface area contributed by atoms with Crippen molar-refractivity contribution in [1.29, 1.82) is 0 Å². The summed E-state index contributed by atoms with van der Waals surface area (Å²) >= 11 is 1.14. The molecule has 0 spiro atoms. The van der Waals surface area contributed by atoms with Gasteiger partial charge >= 0.3 is 0 Å². The number of rotatable bonds is 4. The molecular weight excluding hydrogens is 300 g/mol. The molecule has 0 saturated carbocycles. The Labute approximate surface area is 121 Å². The monoisotopic (exact) mass is 316 g/mol. The van der Waals surface area contributed by atoms with Crippen LogP contribution in [0.15, 0.2) is 0 Å². The molecule has 0 aromatic carbocycles. The smallest absolute Gasteiger partial charge is 0.226 e. The van der Waals surface area contributed by atoms with Crippen molar-refractivity contribution >= 4 is 38.0 Å². The maximum absolute atomic E-state index is 11.8. The van der Waals surface area contributed by atoms with E-state index in [0.717, 1.165) is 11.3 Å². The summed E-state index contributed by atoms with van der Waals surface area (Å²) in [4.78, 5) is 27.8. The van der Waals surface area contributed by atoms with Crippen molar-refractivity contribution in [2.75, 3.05) is 16.8 Å². The largest absolute Gasteiger partial charge is 0.302 e. The molecule has 2 rings (SSSR count). The van der Waals surface area contributed by atoms with Gasteiger partial charge in [0.2, 0.25) is 5.91 Å². The van der Waals surface area contributed by atoms with Crippen LogP contribution in [0.25, 0.3) is 0 Å². The number of aryl methyl sites for hydroxylation is 1. The molecule has 110 valence electrons. The number of nitrogens with one attached hydrogen (secondary N) is 1. The maximum Gasteiger partial charge on any atom is 0.226 e. The van der Waals surface area contributed by atoms with Gasteiger partial charge in [-0.05, 0) is 19.3 Å². The first kappa shape index (κ1) is 15.1. The molecule has 20 heavy (non-hydrogen) atoms. The SMILES string of the molecule is CC(=O)c1sc(NC(=O)C[C@H]2CCS(=O)(=O)C2)nc1C. The van der Waals surface area contributed by atoms with E-state index in [1.54, 1.807) is 6.92 Å². The van der Waals surface area contributed by atoms with Gasteiger partial charge in [-0.1, -0.05) is 11.3 Å². The standard InChI is InChI=1S/C12H16N2O4S2/c1-7-11(8(2)15)19-12(13-7)14-10(16)5-9-3-4-20(17,18)6-9/h9H,3-6H2,1-2H3,(H,13,14,16)/t9-/m1/s1. The minimum atomic E-state index is -2.97. The third-order valence-electron chi connectivity index (χ3n) is 3.16. The van der Waals surface area contributed by atoms with E-state index in [2.05, 4.69) is 10.3 Å². The molecule has 1 N–H and O–H groups in total. The van der Waals surface area contributed by atoms with Crippen molar-refractivity contribution < 1.29 is 18.0 Å². The summed E-state index contributed by atoms with van der Waals surface area (Å²) in [5.74, 6) is -0.210. The number of Topliss-reactive ketones (excluding diaryl/α,β-unsaturated/α-hetero) is 1. The number of aromatic nitrogens is 1. The number of sulfone groups is 1. The van der Waals surface area contributed by atoms with Crippen LogP contribution < -0.4 is 5.32 Å². The van der Waals surface area contributed by atoms with Gasteiger partial charge in [-0.15, -0.1) is 0 Å². The van der Waals surface area contributed by atoms with Crippen LogP contribution in [0.1, 0.15) is 35.1 Å². The number of thiazole rings is 1. The molecule has 1 atom stereocenters. The highest BCUT2D eigenvalue weighted by Crippen LogP contribution is 2.25. The number of carbonyl (C=O) groups is 2. The molecule has 0 aliphatic carbocycles. The minimum absolute atomic E-state index is 0.0794. The lowest BCUT2D eigenvalue weighted by Gasteiger charge is -2.06. The van der Waals surface area contributed by atoms with Crippen molar-refractivity contribution in [3.05, 3.63) is 10.6 Å². The molecule has 6 nitrogen and oxygen atoms in total. The average Bonchev–Trinajstić information content (AvgIpc) is 2.81. The van der Waals surface area contributed by atoms with Crippen molar-refractivity contribution in [3.63, 3.8) is 0 Å². The highest BCUT2D eigenvalue weighted by molar-refractivity contribution is 7.91. The Morgan fingerprint density at radius 1 is 1.45 bits per heavy atom. The van der Waals surface area contributed by atoms with Crippen LogP contribution in [0, 0.1) is 12.8 Å². The second-order valence-electron chi connectivity index (χ2n) is 5.01. The zero-order valence-electron chi connectivity index (χ0n) is 11.3. The predicted octanol–water partition coefficient (Wildman–Crippen LogP) is 1.42. The number of anilines is 1. The average molecular weight is 316 g/mol. The van der Waals surface area contributed by atoms with Crippen molar-refractivity contribution in [1.82, 2.24) is 4.98 Å². The zero-order chi connectivity index (χ0) is 14.9. The van der Waals surface area contributed by atoms with Gasteiger partial charge in [0.25, 0.3) is 0 Å². The number of nitrogens with zero attached hydrogens (tertiary/aromatic N) is 1. The van der Waals surface area contributed by atoms with E-state index in [1.807, 2.05) is 0 Å². The van der Waals surface area contributed by atoms with E-state index < -0.39 is 9.84 Å². The summed E-state index contributed by atoms with van der Waals surface area (Å²) in [7, 11) is -2.97. The fourth-order valence-corrected chi connectivity index (χ4v) is 4.98. The van der Waals surface area contributed by atoms with Gasteiger partial charge in [0.05, 0.1) is 22.1 Å². The quantitative estimate of drug-likeness (QED) is 0.848. The molecule has 1 aliphatic rings. The molecule has 1 aliphatic heterocycles. The molecule has 1 amide bonds. The molecule has 0 unspecified atom stereocenters. The van der Waals surface area contributed by atoms with Crippen LogP contribution in [0.4, 0.5) is 5.13 Å². The van der Waals surface area contributed by atoms with E-state index in [-0.39, 0.29) is 35.5 Å². The van der Waals surface area contributed by atoms with E-state index in [4.69, 9.17) is 0 Å². The van der Waals surface area contributed by atoms with Crippen molar-refractivity contribution in [3.8, 4) is 0 Å². The lowest BCUT2D eigenvalue weighted by atomic mass is 10.1. The van der Waals surface area contributed by atoms with E-state index in [1.165, 1.54) is 6.92 Å². The molecule has 0 radical (unpaired) electrons. The maximum atomic E-state index is 11.8. The van der Waals surface area contributed by atoms with Gasteiger partial charge in [-0.3, -0.25) is 9.59 Å². The highest BCUT2D eigenvalue weighted by atomic mass is 32.2. The van der Waals surface area contributed by atoms with Crippen LogP contribution in [0.3, 0.4) is 0 Å². The lowest BCUT2D eigenvalue weighted by Crippen LogP contribution is -2.17. The van der Waals surface area contributed by atoms with Gasteiger partial charge < -0.3 is 5.32 Å². The van der Waals surface area contributed by atoms with Gasteiger partial charge in [0, 0.05) is 13.3 Å². The molecule has 0 bridgehead atoms. The van der Waals surface area contributed by atoms with Gasteiger partial charge in [-0.25, -0.2) is 13.4 Å². The predicted molar refractivity (Wildman–Crippen MR) is 76.9 cm³/mol. The zero-order valence-corrected chi connectivity index (χ0v) is 12.9. The topological polar surface area (TPSA) is 93.2 Å². The Hall–Kier alpha value is -1.28.